The molecule has 162 valence electrons. The fraction of sp³-hybridized carbons (Fsp3) is 0.435. The fourth-order valence-corrected chi connectivity index (χ4v) is 3.06. The van der Waals surface area contributed by atoms with Gasteiger partial charge in [0.2, 0.25) is 0 Å². The van der Waals surface area contributed by atoms with Crippen LogP contribution >= 0.6 is 0 Å². The Bertz CT molecular complexity index is 912. The molecule has 2 amide bonds. The first-order valence-corrected chi connectivity index (χ1v) is 10.2. The lowest BCUT2D eigenvalue weighted by Gasteiger charge is -2.26. The zero-order valence-corrected chi connectivity index (χ0v) is 18.3. The van der Waals surface area contributed by atoms with Crippen molar-refractivity contribution >= 4 is 17.7 Å². The second-order valence-electron chi connectivity index (χ2n) is 7.98. The van der Waals surface area contributed by atoms with Crippen molar-refractivity contribution in [1.29, 1.82) is 0 Å². The molecule has 0 saturated heterocycles. The molecule has 2 aromatic rings. The Balaban J connectivity index is 2.41. The maximum atomic E-state index is 13.1. The number of anilines is 1. The molecule has 0 unspecified atom stereocenters. The molecular weight excluding hydrogens is 382 g/mol. The number of carbonyl (C=O) groups is 2. The average molecular weight is 414 g/mol. The summed E-state index contributed by atoms with van der Waals surface area (Å²) in [5.41, 5.74) is -0.122. The molecule has 0 fully saturated rings. The highest BCUT2D eigenvalue weighted by Gasteiger charge is 2.28. The highest BCUT2D eigenvalue weighted by molar-refractivity contribution is 5.89. The number of carbonyl (C=O) groups excluding carboxylic acids is 2. The van der Waals surface area contributed by atoms with Crippen molar-refractivity contribution in [3.63, 3.8) is 0 Å². The maximum absolute atomic E-state index is 13.1. The standard InChI is InChI=1S/C23H31N3O4/c1-6-25(7-2)22(29)24-18-14-11-15-26(20(18)27)19(21(28)30-23(3,4)5)16-17-12-9-8-10-13-17/h8-15,19H,6-7,16H2,1-5H3,(H,24,29)/t19-/m0/s1. The normalized spacial score (nSPS) is 12.2. The predicted octanol–water partition coefficient (Wildman–Crippen LogP) is 3.85. The minimum atomic E-state index is -0.857. The number of urea groups is 1. The van der Waals surface area contributed by atoms with Crippen molar-refractivity contribution in [3.8, 4) is 0 Å². The summed E-state index contributed by atoms with van der Waals surface area (Å²) in [6.45, 7) is 10.1. The van der Waals surface area contributed by atoms with Crippen LogP contribution in [0.1, 0.15) is 46.2 Å². The van der Waals surface area contributed by atoms with Gasteiger partial charge >= 0.3 is 12.0 Å². The van der Waals surface area contributed by atoms with Crippen LogP contribution in [-0.2, 0) is 16.0 Å². The van der Waals surface area contributed by atoms with E-state index < -0.39 is 23.2 Å². The lowest BCUT2D eigenvalue weighted by Crippen LogP contribution is -2.39. The van der Waals surface area contributed by atoms with Crippen LogP contribution < -0.4 is 10.9 Å². The molecule has 30 heavy (non-hydrogen) atoms. The zero-order chi connectivity index (χ0) is 22.3. The third-order valence-electron chi connectivity index (χ3n) is 4.55. The highest BCUT2D eigenvalue weighted by Crippen LogP contribution is 2.19. The van der Waals surface area contributed by atoms with Crippen LogP contribution in [0.4, 0.5) is 10.5 Å². The minimum Gasteiger partial charge on any atom is -0.458 e. The second-order valence-corrected chi connectivity index (χ2v) is 7.98. The average Bonchev–Trinajstić information content (AvgIpc) is 2.68. The van der Waals surface area contributed by atoms with Gasteiger partial charge in [-0.1, -0.05) is 30.3 Å². The minimum absolute atomic E-state index is 0.121. The predicted molar refractivity (Wildman–Crippen MR) is 118 cm³/mol. The van der Waals surface area contributed by atoms with Gasteiger partial charge in [-0.25, -0.2) is 9.59 Å². The van der Waals surface area contributed by atoms with Crippen LogP contribution in [0.25, 0.3) is 0 Å². The van der Waals surface area contributed by atoms with Crippen molar-refractivity contribution in [1.82, 2.24) is 9.47 Å². The first kappa shape index (κ1) is 23.2. The number of aromatic nitrogens is 1. The highest BCUT2D eigenvalue weighted by atomic mass is 16.6. The maximum Gasteiger partial charge on any atom is 0.330 e. The summed E-state index contributed by atoms with van der Waals surface area (Å²) in [7, 11) is 0. The van der Waals surface area contributed by atoms with E-state index in [4.69, 9.17) is 4.74 Å². The van der Waals surface area contributed by atoms with Crippen LogP contribution in [0.3, 0.4) is 0 Å². The smallest absolute Gasteiger partial charge is 0.330 e. The van der Waals surface area contributed by atoms with Crippen molar-refractivity contribution in [2.24, 2.45) is 0 Å². The van der Waals surface area contributed by atoms with Gasteiger partial charge in [0, 0.05) is 25.7 Å². The summed E-state index contributed by atoms with van der Waals surface area (Å²) in [4.78, 5) is 40.1. The van der Waals surface area contributed by atoms with E-state index in [1.807, 2.05) is 44.2 Å². The number of ether oxygens (including phenoxy) is 1. The van der Waals surface area contributed by atoms with Gasteiger partial charge in [-0.3, -0.25) is 9.36 Å². The Morgan fingerprint density at radius 3 is 2.27 bits per heavy atom. The largest absolute Gasteiger partial charge is 0.458 e. The summed E-state index contributed by atoms with van der Waals surface area (Å²) >= 11 is 0. The quantitative estimate of drug-likeness (QED) is 0.699. The number of hydrogen-bond acceptors (Lipinski definition) is 4. The molecule has 0 radical (unpaired) electrons. The number of esters is 1. The van der Waals surface area contributed by atoms with Crippen molar-refractivity contribution in [2.45, 2.75) is 52.7 Å². The number of rotatable bonds is 7. The second kappa shape index (κ2) is 10.1. The molecule has 2 rings (SSSR count). The Labute approximate surface area is 177 Å². The Kier molecular flexibility index (Phi) is 7.80. The fourth-order valence-electron chi connectivity index (χ4n) is 3.06. The lowest BCUT2D eigenvalue weighted by atomic mass is 10.0. The van der Waals surface area contributed by atoms with E-state index >= 15 is 0 Å². The molecule has 1 aromatic heterocycles. The molecule has 0 spiro atoms. The Hall–Kier alpha value is -3.09. The molecule has 7 heteroatoms. The molecule has 0 bridgehead atoms. The van der Waals surface area contributed by atoms with Crippen LogP contribution in [0, 0.1) is 0 Å². The first-order chi connectivity index (χ1) is 14.2. The summed E-state index contributed by atoms with van der Waals surface area (Å²) in [6.07, 6.45) is 1.84. The molecule has 0 aliphatic rings. The lowest BCUT2D eigenvalue weighted by molar-refractivity contribution is -0.159. The number of hydrogen-bond donors (Lipinski definition) is 1. The zero-order valence-electron chi connectivity index (χ0n) is 18.3. The molecule has 0 saturated carbocycles. The van der Waals surface area contributed by atoms with Gasteiger partial charge in [0.15, 0.2) is 0 Å². The number of pyridine rings is 1. The summed E-state index contributed by atoms with van der Waals surface area (Å²) < 4.78 is 6.91. The summed E-state index contributed by atoms with van der Waals surface area (Å²) in [5.74, 6) is -0.499. The molecule has 0 aliphatic heterocycles. The molecule has 1 heterocycles. The van der Waals surface area contributed by atoms with E-state index in [2.05, 4.69) is 5.32 Å². The van der Waals surface area contributed by atoms with Gasteiger partial charge in [-0.15, -0.1) is 0 Å². The van der Waals surface area contributed by atoms with Crippen molar-refractivity contribution in [2.75, 3.05) is 18.4 Å². The third kappa shape index (κ3) is 6.20. The Morgan fingerprint density at radius 2 is 1.70 bits per heavy atom. The molecule has 1 N–H and O–H groups in total. The van der Waals surface area contributed by atoms with Gasteiger partial charge in [-0.05, 0) is 52.3 Å². The van der Waals surface area contributed by atoms with E-state index in [9.17, 15) is 14.4 Å². The van der Waals surface area contributed by atoms with Gasteiger partial charge < -0.3 is 15.0 Å². The van der Waals surface area contributed by atoms with E-state index in [1.54, 1.807) is 37.9 Å². The van der Waals surface area contributed by atoms with Crippen LogP contribution in [0.15, 0.2) is 53.5 Å². The van der Waals surface area contributed by atoms with Gasteiger partial charge in [0.1, 0.15) is 17.3 Å². The van der Waals surface area contributed by atoms with Gasteiger partial charge in [-0.2, -0.15) is 0 Å². The third-order valence-corrected chi connectivity index (χ3v) is 4.55. The number of nitrogens with one attached hydrogen (secondary N) is 1. The topological polar surface area (TPSA) is 80.6 Å². The first-order valence-electron chi connectivity index (χ1n) is 10.2. The molecule has 7 nitrogen and oxygen atoms in total. The number of amides is 2. The molecule has 1 aromatic carbocycles. The summed E-state index contributed by atoms with van der Waals surface area (Å²) in [6, 6.07) is 11.4. The van der Waals surface area contributed by atoms with E-state index in [0.717, 1.165) is 5.56 Å². The van der Waals surface area contributed by atoms with Crippen LogP contribution in [0.5, 0.6) is 0 Å². The van der Waals surface area contributed by atoms with Crippen LogP contribution in [-0.4, -0.2) is 40.2 Å². The van der Waals surface area contributed by atoms with E-state index in [1.165, 1.54) is 10.6 Å². The van der Waals surface area contributed by atoms with Crippen LogP contribution in [0.2, 0.25) is 0 Å². The Morgan fingerprint density at radius 1 is 1.07 bits per heavy atom. The van der Waals surface area contributed by atoms with Crippen molar-refractivity contribution in [3.05, 3.63) is 64.6 Å². The van der Waals surface area contributed by atoms with Gasteiger partial charge in [0.25, 0.3) is 5.56 Å². The monoisotopic (exact) mass is 413 g/mol. The molecule has 1 atom stereocenters. The SMILES string of the molecule is CCN(CC)C(=O)Nc1cccn([C@@H](Cc2ccccc2)C(=O)OC(C)(C)C)c1=O. The molecule has 0 aliphatic carbocycles. The number of benzene rings is 1. The van der Waals surface area contributed by atoms with Gasteiger partial charge in [0.05, 0.1) is 0 Å². The van der Waals surface area contributed by atoms with E-state index in [0.29, 0.717) is 19.5 Å². The van der Waals surface area contributed by atoms with Crippen molar-refractivity contribution < 1.29 is 14.3 Å². The molecular formula is C23H31N3O4. The number of nitrogens with zero attached hydrogens (tertiary/aromatic N) is 2. The summed E-state index contributed by atoms with van der Waals surface area (Å²) in [5, 5.41) is 2.66. The van der Waals surface area contributed by atoms with E-state index in [-0.39, 0.29) is 11.7 Å².